The number of carbonyl (C=O) groups is 1. The Kier molecular flexibility index (Phi) is 5.55. The molecule has 0 saturated heterocycles. The largest absolute Gasteiger partial charge is 0.356 e. The van der Waals surface area contributed by atoms with E-state index in [2.05, 4.69) is 10.3 Å². The van der Waals surface area contributed by atoms with Crippen molar-refractivity contribution in [2.24, 2.45) is 0 Å². The number of hydrogen-bond acceptors (Lipinski definition) is 1. The molecule has 3 nitrogen and oxygen atoms in total. The number of amides is 1. The number of aryl methyl sites for hydroxylation is 2. The fraction of sp³-hybridized carbons (Fsp3) is 0.160. The van der Waals surface area contributed by atoms with E-state index in [1.54, 1.807) is 30.3 Å². The summed E-state index contributed by atoms with van der Waals surface area (Å²) in [6.07, 6.45) is 0.564. The molecule has 4 aromatic rings. The van der Waals surface area contributed by atoms with Crippen molar-refractivity contribution in [1.29, 1.82) is 0 Å². The van der Waals surface area contributed by atoms with Gasteiger partial charge in [-0.1, -0.05) is 24.3 Å². The van der Waals surface area contributed by atoms with Crippen LogP contribution in [-0.4, -0.2) is 17.4 Å². The standard InChI is InChI=1S/C25H21F3N2O/c1-14-3-9-21(27)24-23(14)19(15(2)30-24)11-12-29-25(31)17-6-4-16(5-7-17)18-8-10-20(26)22(28)13-18/h3-10,13,30H,11-12H2,1-2H3,(H,29,31). The van der Waals surface area contributed by atoms with E-state index in [4.69, 9.17) is 0 Å². The Hall–Kier alpha value is -3.54. The summed E-state index contributed by atoms with van der Waals surface area (Å²) in [6, 6.07) is 13.6. The van der Waals surface area contributed by atoms with Crippen molar-refractivity contribution < 1.29 is 18.0 Å². The fourth-order valence-electron chi connectivity index (χ4n) is 3.85. The summed E-state index contributed by atoms with van der Waals surface area (Å²) >= 11 is 0. The molecule has 1 aromatic heterocycles. The lowest BCUT2D eigenvalue weighted by molar-refractivity contribution is 0.0954. The average Bonchev–Trinajstić information content (AvgIpc) is 3.10. The average molecular weight is 422 g/mol. The summed E-state index contributed by atoms with van der Waals surface area (Å²) in [5.74, 6) is -2.34. The first kappa shape index (κ1) is 20.7. The molecule has 0 aliphatic carbocycles. The Morgan fingerprint density at radius 1 is 0.871 bits per heavy atom. The molecule has 0 atom stereocenters. The Labute approximate surface area is 177 Å². The number of H-pyrrole nitrogens is 1. The van der Waals surface area contributed by atoms with Crippen molar-refractivity contribution in [3.63, 3.8) is 0 Å². The number of nitrogens with one attached hydrogen (secondary N) is 2. The summed E-state index contributed by atoms with van der Waals surface area (Å²) in [7, 11) is 0. The number of halogens is 3. The second-order valence-corrected chi connectivity index (χ2v) is 7.55. The van der Waals surface area contributed by atoms with Crippen LogP contribution in [0.4, 0.5) is 13.2 Å². The number of rotatable bonds is 5. The number of aromatic nitrogens is 1. The van der Waals surface area contributed by atoms with Gasteiger partial charge in [0.25, 0.3) is 5.91 Å². The van der Waals surface area contributed by atoms with E-state index >= 15 is 0 Å². The van der Waals surface area contributed by atoms with Crippen LogP contribution < -0.4 is 5.32 Å². The van der Waals surface area contributed by atoms with E-state index in [0.29, 0.717) is 35.2 Å². The minimum atomic E-state index is -0.915. The minimum absolute atomic E-state index is 0.239. The third-order valence-corrected chi connectivity index (χ3v) is 5.49. The van der Waals surface area contributed by atoms with E-state index in [0.717, 1.165) is 34.3 Å². The van der Waals surface area contributed by atoms with Gasteiger partial charge >= 0.3 is 0 Å². The first-order chi connectivity index (χ1) is 14.8. The number of fused-ring (bicyclic) bond motifs is 1. The SMILES string of the molecule is Cc1[nH]c2c(F)ccc(C)c2c1CCNC(=O)c1ccc(-c2ccc(F)c(F)c2)cc1. The normalized spacial score (nSPS) is 11.1. The highest BCUT2D eigenvalue weighted by Gasteiger charge is 2.14. The number of hydrogen-bond donors (Lipinski definition) is 2. The van der Waals surface area contributed by atoms with Crippen LogP contribution in [0.25, 0.3) is 22.0 Å². The van der Waals surface area contributed by atoms with Gasteiger partial charge in [0.1, 0.15) is 5.82 Å². The molecule has 0 bridgehead atoms. The summed E-state index contributed by atoms with van der Waals surface area (Å²) in [5.41, 5.74) is 5.02. The third-order valence-electron chi connectivity index (χ3n) is 5.49. The molecule has 4 rings (SSSR count). The smallest absolute Gasteiger partial charge is 0.251 e. The zero-order valence-corrected chi connectivity index (χ0v) is 17.2. The van der Waals surface area contributed by atoms with Crippen LogP contribution in [0.1, 0.15) is 27.2 Å². The third kappa shape index (κ3) is 4.06. The Bertz CT molecular complexity index is 1280. The molecule has 0 aliphatic rings. The lowest BCUT2D eigenvalue weighted by Crippen LogP contribution is -2.25. The van der Waals surface area contributed by atoms with Crippen molar-refractivity contribution in [3.8, 4) is 11.1 Å². The van der Waals surface area contributed by atoms with Gasteiger partial charge in [0.2, 0.25) is 0 Å². The molecule has 0 unspecified atom stereocenters. The Balaban J connectivity index is 1.44. The lowest BCUT2D eigenvalue weighted by atomic mass is 10.0. The van der Waals surface area contributed by atoms with E-state index < -0.39 is 11.6 Å². The van der Waals surface area contributed by atoms with Gasteiger partial charge in [-0.2, -0.15) is 0 Å². The molecule has 3 aromatic carbocycles. The molecule has 2 N–H and O–H groups in total. The zero-order valence-electron chi connectivity index (χ0n) is 17.2. The van der Waals surface area contributed by atoms with Gasteiger partial charge in [0, 0.05) is 23.2 Å². The molecule has 0 radical (unpaired) electrons. The van der Waals surface area contributed by atoms with Crippen LogP contribution in [0.15, 0.2) is 54.6 Å². The van der Waals surface area contributed by atoms with Gasteiger partial charge in [-0.05, 0) is 72.9 Å². The lowest BCUT2D eigenvalue weighted by Gasteiger charge is -2.08. The summed E-state index contributed by atoms with van der Waals surface area (Å²) < 4.78 is 40.6. The van der Waals surface area contributed by atoms with Crippen molar-refractivity contribution in [1.82, 2.24) is 10.3 Å². The second kappa shape index (κ2) is 8.30. The summed E-state index contributed by atoms with van der Waals surface area (Å²) in [5, 5.41) is 3.75. The molecule has 158 valence electrons. The highest BCUT2D eigenvalue weighted by molar-refractivity contribution is 5.94. The van der Waals surface area contributed by atoms with Crippen LogP contribution in [0.2, 0.25) is 0 Å². The Morgan fingerprint density at radius 2 is 1.55 bits per heavy atom. The van der Waals surface area contributed by atoms with Gasteiger partial charge in [-0.25, -0.2) is 13.2 Å². The second-order valence-electron chi connectivity index (χ2n) is 7.55. The number of carbonyl (C=O) groups excluding carboxylic acids is 1. The quantitative estimate of drug-likeness (QED) is 0.417. The molecule has 0 aliphatic heterocycles. The van der Waals surface area contributed by atoms with Gasteiger partial charge in [0.15, 0.2) is 11.6 Å². The van der Waals surface area contributed by atoms with Crippen molar-refractivity contribution in [3.05, 3.63) is 94.4 Å². The van der Waals surface area contributed by atoms with Crippen LogP contribution in [-0.2, 0) is 6.42 Å². The predicted molar refractivity (Wildman–Crippen MR) is 116 cm³/mol. The molecular formula is C25H21F3N2O. The van der Waals surface area contributed by atoms with E-state index in [-0.39, 0.29) is 11.7 Å². The molecule has 0 spiro atoms. The maximum atomic E-state index is 14.1. The van der Waals surface area contributed by atoms with Crippen molar-refractivity contribution >= 4 is 16.8 Å². The van der Waals surface area contributed by atoms with E-state index in [9.17, 15) is 18.0 Å². The Morgan fingerprint density at radius 3 is 2.26 bits per heavy atom. The monoisotopic (exact) mass is 422 g/mol. The highest BCUT2D eigenvalue weighted by Crippen LogP contribution is 2.28. The van der Waals surface area contributed by atoms with Crippen molar-refractivity contribution in [2.45, 2.75) is 20.3 Å². The fourth-order valence-corrected chi connectivity index (χ4v) is 3.85. The molecule has 0 fully saturated rings. The minimum Gasteiger partial charge on any atom is -0.356 e. The first-order valence-corrected chi connectivity index (χ1v) is 9.95. The molecular weight excluding hydrogens is 401 g/mol. The van der Waals surface area contributed by atoms with Crippen LogP contribution in [0, 0.1) is 31.3 Å². The maximum Gasteiger partial charge on any atom is 0.251 e. The molecule has 0 saturated carbocycles. The van der Waals surface area contributed by atoms with E-state index in [1.165, 1.54) is 12.1 Å². The topological polar surface area (TPSA) is 44.9 Å². The zero-order chi connectivity index (χ0) is 22.1. The molecule has 6 heteroatoms. The van der Waals surface area contributed by atoms with Gasteiger partial charge in [-0.15, -0.1) is 0 Å². The number of benzene rings is 3. The van der Waals surface area contributed by atoms with Crippen LogP contribution >= 0.6 is 0 Å². The van der Waals surface area contributed by atoms with Crippen LogP contribution in [0.5, 0.6) is 0 Å². The predicted octanol–water partition coefficient (Wildman–Crippen LogP) is 5.84. The highest BCUT2D eigenvalue weighted by atomic mass is 19.2. The molecule has 1 amide bonds. The first-order valence-electron chi connectivity index (χ1n) is 9.95. The van der Waals surface area contributed by atoms with Gasteiger partial charge in [0.05, 0.1) is 5.52 Å². The van der Waals surface area contributed by atoms with Crippen LogP contribution in [0.3, 0.4) is 0 Å². The molecule has 31 heavy (non-hydrogen) atoms. The summed E-state index contributed by atoms with van der Waals surface area (Å²) in [6.45, 7) is 4.23. The number of aromatic amines is 1. The van der Waals surface area contributed by atoms with Gasteiger partial charge < -0.3 is 10.3 Å². The van der Waals surface area contributed by atoms with Gasteiger partial charge in [-0.3, -0.25) is 4.79 Å². The summed E-state index contributed by atoms with van der Waals surface area (Å²) in [4.78, 5) is 15.6. The maximum absolute atomic E-state index is 14.1. The van der Waals surface area contributed by atoms with E-state index in [1.807, 2.05) is 13.8 Å². The molecule has 1 heterocycles. The van der Waals surface area contributed by atoms with Crippen molar-refractivity contribution in [2.75, 3.05) is 6.54 Å².